The van der Waals surface area contributed by atoms with Crippen LogP contribution < -0.4 is 5.73 Å². The van der Waals surface area contributed by atoms with Gasteiger partial charge in [0.25, 0.3) is 0 Å². The molecule has 0 bridgehead atoms. The highest BCUT2D eigenvalue weighted by Crippen LogP contribution is 2.37. The van der Waals surface area contributed by atoms with Gasteiger partial charge in [-0.05, 0) is 71.5 Å². The number of nitrogens with two attached hydrogens (primary N) is 1. The Labute approximate surface area is 99.2 Å². The van der Waals surface area contributed by atoms with Crippen molar-refractivity contribution in [3.05, 3.63) is 32.9 Å². The number of rotatable bonds is 2. The van der Waals surface area contributed by atoms with E-state index in [0.29, 0.717) is 0 Å². The molecule has 0 aromatic heterocycles. The van der Waals surface area contributed by atoms with Crippen LogP contribution in [0.5, 0.6) is 0 Å². The van der Waals surface area contributed by atoms with Crippen LogP contribution >= 0.6 is 22.6 Å². The third kappa shape index (κ3) is 1.96. The molecule has 1 aliphatic rings. The van der Waals surface area contributed by atoms with Crippen LogP contribution in [0.3, 0.4) is 0 Å². The Hall–Kier alpha value is -0.0900. The van der Waals surface area contributed by atoms with Crippen LogP contribution in [0, 0.1) is 16.4 Å². The standard InChI is InChI=1S/C12H16IN/c1-8-5-6-10(13)7-11(8)12(14)9-3-2-4-9/h5-7,9,12H,2-4,14H2,1H3/t12-/m1/s1. The van der Waals surface area contributed by atoms with Crippen molar-refractivity contribution in [3.63, 3.8) is 0 Å². The molecule has 1 saturated carbocycles. The Kier molecular flexibility index (Phi) is 3.12. The second-order valence-electron chi connectivity index (χ2n) is 4.22. The van der Waals surface area contributed by atoms with Crippen LogP contribution in [0.1, 0.15) is 36.4 Å². The summed E-state index contributed by atoms with van der Waals surface area (Å²) < 4.78 is 1.29. The molecule has 2 rings (SSSR count). The van der Waals surface area contributed by atoms with E-state index in [1.54, 1.807) is 0 Å². The van der Waals surface area contributed by atoms with Crippen molar-refractivity contribution in [1.82, 2.24) is 0 Å². The van der Waals surface area contributed by atoms with Gasteiger partial charge in [-0.2, -0.15) is 0 Å². The van der Waals surface area contributed by atoms with Gasteiger partial charge in [-0.3, -0.25) is 0 Å². The minimum absolute atomic E-state index is 0.262. The highest BCUT2D eigenvalue weighted by atomic mass is 127. The fourth-order valence-corrected chi connectivity index (χ4v) is 2.54. The van der Waals surface area contributed by atoms with E-state index >= 15 is 0 Å². The monoisotopic (exact) mass is 301 g/mol. The highest BCUT2D eigenvalue weighted by molar-refractivity contribution is 14.1. The maximum Gasteiger partial charge on any atom is 0.0326 e. The Morgan fingerprint density at radius 1 is 1.43 bits per heavy atom. The summed E-state index contributed by atoms with van der Waals surface area (Å²) in [6, 6.07) is 6.82. The summed E-state index contributed by atoms with van der Waals surface area (Å²) in [5, 5.41) is 0. The lowest BCUT2D eigenvalue weighted by molar-refractivity contribution is 0.264. The van der Waals surface area contributed by atoms with E-state index < -0.39 is 0 Å². The first-order chi connectivity index (χ1) is 6.68. The van der Waals surface area contributed by atoms with Gasteiger partial charge in [0.1, 0.15) is 0 Å². The van der Waals surface area contributed by atoms with Gasteiger partial charge in [-0.15, -0.1) is 0 Å². The van der Waals surface area contributed by atoms with Gasteiger partial charge in [-0.25, -0.2) is 0 Å². The summed E-state index contributed by atoms with van der Waals surface area (Å²) in [7, 11) is 0. The van der Waals surface area contributed by atoms with Crippen LogP contribution in [0.2, 0.25) is 0 Å². The molecule has 0 unspecified atom stereocenters. The molecule has 0 heterocycles. The van der Waals surface area contributed by atoms with E-state index in [1.165, 1.54) is 34.0 Å². The average Bonchev–Trinajstić information content (AvgIpc) is 2.06. The summed E-state index contributed by atoms with van der Waals surface area (Å²) in [5.74, 6) is 0.729. The van der Waals surface area contributed by atoms with Crippen LogP contribution in [0.25, 0.3) is 0 Å². The molecule has 0 aliphatic heterocycles. The highest BCUT2D eigenvalue weighted by Gasteiger charge is 2.26. The molecule has 1 aromatic rings. The van der Waals surface area contributed by atoms with E-state index in [4.69, 9.17) is 5.73 Å². The van der Waals surface area contributed by atoms with Crippen molar-refractivity contribution in [2.45, 2.75) is 32.2 Å². The van der Waals surface area contributed by atoms with Crippen molar-refractivity contribution in [2.75, 3.05) is 0 Å². The molecule has 14 heavy (non-hydrogen) atoms. The molecule has 76 valence electrons. The zero-order valence-electron chi connectivity index (χ0n) is 8.46. The smallest absolute Gasteiger partial charge is 0.0326 e. The van der Waals surface area contributed by atoms with E-state index in [9.17, 15) is 0 Å². The molecule has 1 fully saturated rings. The summed E-state index contributed by atoms with van der Waals surface area (Å²) in [5.41, 5.74) is 8.95. The van der Waals surface area contributed by atoms with Crippen LogP contribution in [-0.4, -0.2) is 0 Å². The minimum Gasteiger partial charge on any atom is -0.324 e. The van der Waals surface area contributed by atoms with Gasteiger partial charge in [0.2, 0.25) is 0 Å². The summed E-state index contributed by atoms with van der Waals surface area (Å²) in [4.78, 5) is 0. The molecule has 0 radical (unpaired) electrons. The number of hydrogen-bond donors (Lipinski definition) is 1. The zero-order valence-corrected chi connectivity index (χ0v) is 10.6. The summed E-state index contributed by atoms with van der Waals surface area (Å²) >= 11 is 2.35. The SMILES string of the molecule is Cc1ccc(I)cc1[C@H](N)C1CCC1. The van der Waals surface area contributed by atoms with E-state index in [-0.39, 0.29) is 6.04 Å². The Bertz CT molecular complexity index is 331. The first kappa shape index (κ1) is 10.4. The predicted octanol–water partition coefficient (Wildman–Crippen LogP) is 3.40. The normalized spacial score (nSPS) is 19.1. The molecule has 0 amide bonds. The second kappa shape index (κ2) is 4.19. The van der Waals surface area contributed by atoms with Gasteiger partial charge in [0.05, 0.1) is 0 Å². The Balaban J connectivity index is 2.24. The first-order valence-electron chi connectivity index (χ1n) is 5.20. The number of halogens is 1. The fraction of sp³-hybridized carbons (Fsp3) is 0.500. The maximum atomic E-state index is 6.27. The van der Waals surface area contributed by atoms with Crippen molar-refractivity contribution in [1.29, 1.82) is 0 Å². The molecule has 1 nitrogen and oxygen atoms in total. The first-order valence-corrected chi connectivity index (χ1v) is 6.28. The van der Waals surface area contributed by atoms with Crippen LogP contribution in [-0.2, 0) is 0 Å². The van der Waals surface area contributed by atoms with E-state index in [2.05, 4.69) is 47.7 Å². The summed E-state index contributed by atoms with van der Waals surface area (Å²) in [6.45, 7) is 2.16. The molecule has 0 saturated heterocycles. The number of hydrogen-bond acceptors (Lipinski definition) is 1. The number of benzene rings is 1. The average molecular weight is 301 g/mol. The van der Waals surface area contributed by atoms with Crippen molar-refractivity contribution < 1.29 is 0 Å². The van der Waals surface area contributed by atoms with E-state index in [0.717, 1.165) is 5.92 Å². The second-order valence-corrected chi connectivity index (χ2v) is 5.46. The van der Waals surface area contributed by atoms with Crippen molar-refractivity contribution >= 4 is 22.6 Å². The quantitative estimate of drug-likeness (QED) is 0.833. The third-order valence-electron chi connectivity index (χ3n) is 3.26. The molecule has 2 heteroatoms. The third-order valence-corrected chi connectivity index (χ3v) is 3.93. The van der Waals surface area contributed by atoms with Gasteiger partial charge >= 0.3 is 0 Å². The number of aryl methyl sites for hydroxylation is 1. The lowest BCUT2D eigenvalue weighted by Gasteiger charge is -2.32. The lowest BCUT2D eigenvalue weighted by atomic mass is 9.77. The maximum absolute atomic E-state index is 6.27. The van der Waals surface area contributed by atoms with E-state index in [1.807, 2.05) is 0 Å². The van der Waals surface area contributed by atoms with Crippen molar-refractivity contribution in [3.8, 4) is 0 Å². The minimum atomic E-state index is 0.262. The van der Waals surface area contributed by atoms with Gasteiger partial charge in [-0.1, -0.05) is 12.5 Å². The van der Waals surface area contributed by atoms with Crippen molar-refractivity contribution in [2.24, 2.45) is 11.7 Å². The Morgan fingerprint density at radius 2 is 2.14 bits per heavy atom. The summed E-state index contributed by atoms with van der Waals surface area (Å²) in [6.07, 6.45) is 3.99. The lowest BCUT2D eigenvalue weighted by Crippen LogP contribution is -2.27. The predicted molar refractivity (Wildman–Crippen MR) is 68.2 cm³/mol. The largest absolute Gasteiger partial charge is 0.324 e. The zero-order chi connectivity index (χ0) is 10.1. The van der Waals surface area contributed by atoms with Gasteiger partial charge in [0.15, 0.2) is 0 Å². The molecular weight excluding hydrogens is 285 g/mol. The molecular formula is C12H16IN. The molecule has 0 spiro atoms. The molecule has 1 atom stereocenters. The van der Waals surface area contributed by atoms with Crippen LogP contribution in [0.4, 0.5) is 0 Å². The van der Waals surface area contributed by atoms with Gasteiger partial charge < -0.3 is 5.73 Å². The molecule has 1 aliphatic carbocycles. The van der Waals surface area contributed by atoms with Gasteiger partial charge in [0, 0.05) is 9.61 Å². The molecule has 2 N–H and O–H groups in total. The Morgan fingerprint density at radius 3 is 2.71 bits per heavy atom. The molecule has 1 aromatic carbocycles. The van der Waals surface area contributed by atoms with Crippen LogP contribution in [0.15, 0.2) is 18.2 Å². The fourth-order valence-electron chi connectivity index (χ4n) is 2.02. The topological polar surface area (TPSA) is 26.0 Å².